The topological polar surface area (TPSA) is 9.72 Å². The lowest BCUT2D eigenvalue weighted by molar-refractivity contribution is 0.0106. The Balaban J connectivity index is 1.28. The van der Waals surface area contributed by atoms with Gasteiger partial charge in [-0.2, -0.15) is 0 Å². The first-order valence-corrected chi connectivity index (χ1v) is 29.6. The van der Waals surface area contributed by atoms with Crippen LogP contribution in [0.5, 0.6) is 0 Å². The van der Waals surface area contributed by atoms with Crippen molar-refractivity contribution in [1.82, 2.24) is 0 Å². The highest BCUT2D eigenvalue weighted by atomic mass is 15.3. The average molecular weight is 1040 g/mol. The molecule has 0 aromatic heterocycles. The third-order valence-corrected chi connectivity index (χ3v) is 19.9. The quantitative estimate of drug-likeness (QED) is 0.159. The molecule has 3 aliphatic heterocycles. The lowest BCUT2D eigenvalue weighted by Gasteiger charge is -2.66. The Labute approximate surface area is 475 Å². The van der Waals surface area contributed by atoms with E-state index in [1.54, 1.807) is 0 Å². The summed E-state index contributed by atoms with van der Waals surface area (Å²) in [6, 6.07) is 66.8. The zero-order chi connectivity index (χ0) is 56.0. The van der Waals surface area contributed by atoms with E-state index >= 15 is 0 Å². The van der Waals surface area contributed by atoms with Gasteiger partial charge in [0.05, 0.1) is 11.4 Å². The van der Waals surface area contributed by atoms with Gasteiger partial charge in [0, 0.05) is 56.2 Å². The molecule has 0 bridgehead atoms. The first kappa shape index (κ1) is 52.9. The molecular weight excluding hydrogens is 954 g/mol. The maximum atomic E-state index is 2.86. The Morgan fingerprint density at radius 2 is 0.785 bits per heavy atom. The summed E-state index contributed by atoms with van der Waals surface area (Å²) in [5.41, 5.74) is 25.0. The third-order valence-electron chi connectivity index (χ3n) is 19.9. The predicted molar refractivity (Wildman–Crippen MR) is 343 cm³/mol. The van der Waals surface area contributed by atoms with E-state index in [9.17, 15) is 0 Å². The number of rotatable bonds is 5. The molecule has 4 aliphatic rings. The van der Waals surface area contributed by atoms with Gasteiger partial charge in [-0.25, -0.2) is 0 Å². The Kier molecular flexibility index (Phi) is 12.1. The Bertz CT molecular complexity index is 3500. The highest BCUT2D eigenvalue weighted by Crippen LogP contribution is 2.66. The lowest BCUT2D eigenvalue weighted by Crippen LogP contribution is -2.67. The van der Waals surface area contributed by atoms with Crippen molar-refractivity contribution in [1.29, 1.82) is 0 Å². The number of benzene rings is 8. The number of hydrogen-bond donors (Lipinski definition) is 0. The van der Waals surface area contributed by atoms with E-state index in [1.165, 1.54) is 131 Å². The number of hydrogen-bond acceptors (Lipinski definition) is 3. The fraction of sp³-hybridized carbons (Fsp3) is 0.360. The van der Waals surface area contributed by atoms with Crippen LogP contribution in [0.4, 0.5) is 45.5 Å². The maximum absolute atomic E-state index is 2.86. The van der Waals surface area contributed by atoms with Gasteiger partial charge in [0.2, 0.25) is 0 Å². The number of anilines is 8. The zero-order valence-electron chi connectivity index (χ0n) is 50.4. The van der Waals surface area contributed by atoms with Gasteiger partial charge < -0.3 is 14.7 Å². The molecular formula is C75H84BN3. The summed E-state index contributed by atoms with van der Waals surface area (Å²) in [6.45, 7) is 38.6. The van der Waals surface area contributed by atoms with Crippen molar-refractivity contribution in [2.75, 3.05) is 14.7 Å². The monoisotopic (exact) mass is 1040 g/mol. The lowest BCUT2D eigenvalue weighted by atomic mass is 9.33. The molecule has 8 aromatic rings. The molecule has 0 N–H and O–H groups in total. The summed E-state index contributed by atoms with van der Waals surface area (Å²) in [5.74, 6) is 0. The van der Waals surface area contributed by atoms with Crippen LogP contribution in [0, 0.1) is 5.41 Å². The Morgan fingerprint density at radius 1 is 0.380 bits per heavy atom. The average Bonchev–Trinajstić information content (AvgIpc) is 3.61. The van der Waals surface area contributed by atoms with Crippen LogP contribution in [0.2, 0.25) is 0 Å². The molecule has 1 saturated carbocycles. The van der Waals surface area contributed by atoms with Crippen LogP contribution in [0.25, 0.3) is 22.3 Å². The normalized spacial score (nSPS) is 19.5. The molecule has 2 atom stereocenters. The van der Waals surface area contributed by atoms with Crippen LogP contribution in [-0.2, 0) is 27.1 Å². The molecule has 0 saturated heterocycles. The van der Waals surface area contributed by atoms with E-state index in [2.05, 4.69) is 295 Å². The summed E-state index contributed by atoms with van der Waals surface area (Å²) in [7, 11) is 0. The second-order valence-electron chi connectivity index (χ2n) is 29.0. The highest BCUT2D eigenvalue weighted by Gasteiger charge is 2.62. The van der Waals surface area contributed by atoms with E-state index < -0.39 is 0 Å². The van der Waals surface area contributed by atoms with Crippen LogP contribution in [0.1, 0.15) is 164 Å². The van der Waals surface area contributed by atoms with Crippen LogP contribution in [0.15, 0.2) is 170 Å². The predicted octanol–water partition coefficient (Wildman–Crippen LogP) is 19.1. The van der Waals surface area contributed by atoms with Crippen LogP contribution in [-0.4, -0.2) is 12.3 Å². The molecule has 0 spiro atoms. The van der Waals surface area contributed by atoms with Crippen LogP contribution >= 0.6 is 0 Å². The van der Waals surface area contributed by atoms with E-state index in [0.717, 1.165) is 6.42 Å². The van der Waals surface area contributed by atoms with Crippen molar-refractivity contribution in [2.45, 2.75) is 169 Å². The fourth-order valence-electron chi connectivity index (χ4n) is 14.7. The first-order valence-electron chi connectivity index (χ1n) is 29.6. The molecule has 2 unspecified atom stereocenters. The van der Waals surface area contributed by atoms with Gasteiger partial charge in [-0.3, -0.25) is 0 Å². The minimum atomic E-state index is -0.204. The molecule has 1 aliphatic carbocycles. The molecule has 0 radical (unpaired) electrons. The van der Waals surface area contributed by atoms with E-state index in [0.29, 0.717) is 0 Å². The summed E-state index contributed by atoms with van der Waals surface area (Å²) in [4.78, 5) is 8.29. The van der Waals surface area contributed by atoms with Crippen molar-refractivity contribution in [2.24, 2.45) is 5.41 Å². The Morgan fingerprint density at radius 3 is 1.24 bits per heavy atom. The molecule has 3 heterocycles. The summed E-state index contributed by atoms with van der Waals surface area (Å²) in [5, 5.41) is 0. The fourth-order valence-corrected chi connectivity index (χ4v) is 14.7. The molecule has 402 valence electrons. The van der Waals surface area contributed by atoms with E-state index in [1.807, 2.05) is 0 Å². The van der Waals surface area contributed by atoms with Crippen molar-refractivity contribution < 1.29 is 0 Å². The second kappa shape index (κ2) is 18.1. The van der Waals surface area contributed by atoms with Gasteiger partial charge >= 0.3 is 0 Å². The van der Waals surface area contributed by atoms with Crippen molar-refractivity contribution in [3.63, 3.8) is 0 Å². The minimum absolute atomic E-state index is 0.0312. The van der Waals surface area contributed by atoms with Crippen molar-refractivity contribution in [3.05, 3.63) is 198 Å². The molecule has 8 aromatic carbocycles. The molecule has 4 heteroatoms. The van der Waals surface area contributed by atoms with Gasteiger partial charge in [0.1, 0.15) is 0 Å². The van der Waals surface area contributed by atoms with Crippen molar-refractivity contribution in [3.8, 4) is 22.3 Å². The zero-order valence-corrected chi connectivity index (χ0v) is 50.4. The molecule has 0 amide bonds. The SMILES string of the molecule is CC(C)(C)c1ccc(N2c3cc(C(C)(C)C)ccc3B3c4ccc(C(C)(C)C)cc4N(c4ccc(C(C)(C)C)cc4-c4ccccc4)c4cc(N5c6ccccc6C(C)(C)C6(C)CCCCC56C)cc2c43)c(-c2ccccc2)c1. The smallest absolute Gasteiger partial charge is 0.252 e. The summed E-state index contributed by atoms with van der Waals surface area (Å²) < 4.78 is 0. The second-order valence-corrected chi connectivity index (χ2v) is 29.0. The van der Waals surface area contributed by atoms with Crippen LogP contribution < -0.4 is 31.1 Å². The van der Waals surface area contributed by atoms with Gasteiger partial charge in [0.15, 0.2) is 0 Å². The maximum Gasteiger partial charge on any atom is 0.252 e. The standard InChI is InChI=1S/C75H84BN3/c1-69(2,3)51-35-39-61(56(43-51)49-27-19-17-20-28-49)77-64-45-53(71(7,8)9)33-37-59(64)76-60-38-34-54(72(10,11)12)46-65(60)78(62-40-36-52(70(4,5)6)44-57(62)50-29-21-18-22-30-50)67-48-55(47-66(77)68(67)76)79-63-32-24-23-31-58(63)73(13,14)74(15)41-25-26-42-75(74,79)16/h17-24,27-40,43-48H,25-26,41-42H2,1-16H3. The summed E-state index contributed by atoms with van der Waals surface area (Å²) in [6.07, 6.45) is 4.72. The minimum Gasteiger partial charge on any atom is -0.335 e. The van der Waals surface area contributed by atoms with Gasteiger partial charge in [0.25, 0.3) is 6.71 Å². The number of fused-ring (bicyclic) bond motifs is 6. The third kappa shape index (κ3) is 8.26. The van der Waals surface area contributed by atoms with Gasteiger partial charge in [-0.05, 0) is 157 Å². The molecule has 3 nitrogen and oxygen atoms in total. The largest absolute Gasteiger partial charge is 0.335 e. The number of nitrogens with zero attached hydrogens (tertiary/aromatic N) is 3. The van der Waals surface area contributed by atoms with Crippen LogP contribution in [0.3, 0.4) is 0 Å². The van der Waals surface area contributed by atoms with Gasteiger partial charge in [-0.15, -0.1) is 0 Å². The molecule has 1 fully saturated rings. The first-order chi connectivity index (χ1) is 37.2. The highest BCUT2D eigenvalue weighted by molar-refractivity contribution is 7.00. The number of para-hydroxylation sites is 1. The van der Waals surface area contributed by atoms with E-state index in [-0.39, 0.29) is 44.7 Å². The van der Waals surface area contributed by atoms with E-state index in [4.69, 9.17) is 0 Å². The molecule has 12 rings (SSSR count). The molecule has 79 heavy (non-hydrogen) atoms. The Hall–Kier alpha value is -6.78. The summed E-state index contributed by atoms with van der Waals surface area (Å²) >= 11 is 0. The van der Waals surface area contributed by atoms with Gasteiger partial charge in [-0.1, -0.05) is 232 Å². The van der Waals surface area contributed by atoms with Crippen molar-refractivity contribution >= 4 is 68.6 Å².